The summed E-state index contributed by atoms with van der Waals surface area (Å²) in [5, 5.41) is 0.611. The fourth-order valence-electron chi connectivity index (χ4n) is 4.55. The summed E-state index contributed by atoms with van der Waals surface area (Å²) >= 11 is 5.99. The minimum Gasteiger partial charge on any atom is -0.312 e. The molecule has 8 heteroatoms. The zero-order chi connectivity index (χ0) is 23.3. The molecule has 4 aromatic rings. The van der Waals surface area contributed by atoms with Gasteiger partial charge in [0.1, 0.15) is 0 Å². The van der Waals surface area contributed by atoms with Gasteiger partial charge < -0.3 is 9.47 Å². The highest BCUT2D eigenvalue weighted by Gasteiger charge is 2.29. The van der Waals surface area contributed by atoms with E-state index in [9.17, 15) is 9.59 Å². The number of nitrogens with zero attached hydrogens (tertiary/aromatic N) is 5. The number of rotatable bonds is 4. The molecule has 170 valence electrons. The average Bonchev–Trinajstić information content (AvgIpc) is 3.21. The van der Waals surface area contributed by atoms with Gasteiger partial charge in [0.2, 0.25) is 5.95 Å². The van der Waals surface area contributed by atoms with E-state index in [1.807, 2.05) is 16.7 Å². The molecule has 0 saturated carbocycles. The summed E-state index contributed by atoms with van der Waals surface area (Å²) in [5.41, 5.74) is 3.30. The van der Waals surface area contributed by atoms with Crippen LogP contribution in [0.3, 0.4) is 0 Å². The van der Waals surface area contributed by atoms with Gasteiger partial charge in [0.15, 0.2) is 11.2 Å². The van der Waals surface area contributed by atoms with Crippen molar-refractivity contribution in [1.29, 1.82) is 0 Å². The third-order valence-corrected chi connectivity index (χ3v) is 6.60. The molecule has 2 aromatic carbocycles. The topological polar surface area (TPSA) is 65.1 Å². The third kappa shape index (κ3) is 3.66. The minimum absolute atomic E-state index is 0.177. The number of imidazole rings is 1. The molecule has 5 rings (SSSR count). The molecule has 2 aromatic heterocycles. The number of anilines is 2. The number of benzene rings is 2. The molecule has 0 radical (unpaired) electrons. The number of hydrogen-bond donors (Lipinski definition) is 0. The Hall–Kier alpha value is -3.32. The van der Waals surface area contributed by atoms with Gasteiger partial charge in [-0.25, -0.2) is 4.79 Å². The van der Waals surface area contributed by atoms with Crippen LogP contribution in [0, 0.1) is 5.92 Å². The number of halogens is 1. The summed E-state index contributed by atoms with van der Waals surface area (Å²) in [5.74, 6) is 1.01. The first-order valence-corrected chi connectivity index (χ1v) is 11.6. The first-order chi connectivity index (χ1) is 15.9. The van der Waals surface area contributed by atoms with Crippen molar-refractivity contribution < 1.29 is 0 Å². The minimum atomic E-state index is -0.384. The molecule has 0 saturated heterocycles. The molecule has 1 aliphatic rings. The molecule has 0 amide bonds. The quantitative estimate of drug-likeness (QED) is 0.459. The molecule has 3 heterocycles. The van der Waals surface area contributed by atoms with Crippen LogP contribution in [0.15, 0.2) is 58.1 Å². The summed E-state index contributed by atoms with van der Waals surface area (Å²) in [4.78, 5) is 33.6. The van der Waals surface area contributed by atoms with Crippen molar-refractivity contribution in [3.05, 3.63) is 85.5 Å². The maximum atomic E-state index is 13.6. The highest BCUT2D eigenvalue weighted by atomic mass is 35.5. The van der Waals surface area contributed by atoms with Crippen LogP contribution in [0.4, 0.5) is 11.6 Å². The van der Waals surface area contributed by atoms with Crippen molar-refractivity contribution in [2.24, 2.45) is 13.0 Å². The van der Waals surface area contributed by atoms with E-state index in [0.717, 1.165) is 24.2 Å². The molecule has 0 spiro atoms. The number of hydrogen-bond acceptors (Lipinski definition) is 4. The highest BCUT2D eigenvalue weighted by Crippen LogP contribution is 2.33. The smallest absolute Gasteiger partial charge is 0.312 e. The number of aryl methyl sites for hydroxylation is 2. The Morgan fingerprint density at radius 3 is 2.33 bits per heavy atom. The maximum Gasteiger partial charge on any atom is 0.332 e. The molecule has 1 aliphatic heterocycles. The van der Waals surface area contributed by atoms with E-state index >= 15 is 0 Å². The average molecular weight is 464 g/mol. The van der Waals surface area contributed by atoms with Gasteiger partial charge in [-0.15, -0.1) is 0 Å². The zero-order valence-corrected chi connectivity index (χ0v) is 19.7. The van der Waals surface area contributed by atoms with Crippen LogP contribution >= 0.6 is 11.6 Å². The van der Waals surface area contributed by atoms with Gasteiger partial charge in [-0.2, -0.15) is 4.98 Å². The summed E-state index contributed by atoms with van der Waals surface area (Å²) < 4.78 is 4.72. The molecular formula is C25H26ClN5O2. The lowest BCUT2D eigenvalue weighted by Crippen LogP contribution is -2.40. The molecule has 0 bridgehead atoms. The van der Waals surface area contributed by atoms with Crippen LogP contribution in [-0.4, -0.2) is 25.2 Å². The molecule has 7 nitrogen and oxygen atoms in total. The van der Waals surface area contributed by atoms with Crippen molar-refractivity contribution in [2.75, 3.05) is 11.4 Å². The van der Waals surface area contributed by atoms with E-state index in [2.05, 4.69) is 43.0 Å². The maximum absolute atomic E-state index is 13.6. The molecule has 0 fully saturated rings. The number of fused-ring (bicyclic) bond motifs is 3. The first kappa shape index (κ1) is 21.5. The van der Waals surface area contributed by atoms with Gasteiger partial charge in [-0.3, -0.25) is 13.9 Å². The van der Waals surface area contributed by atoms with E-state index < -0.39 is 0 Å². The third-order valence-electron chi connectivity index (χ3n) is 6.35. The Labute approximate surface area is 196 Å². The Morgan fingerprint density at radius 2 is 1.67 bits per heavy atom. The second-order valence-corrected chi connectivity index (χ2v) is 9.23. The fraction of sp³-hybridized carbons (Fsp3) is 0.320. The van der Waals surface area contributed by atoms with E-state index in [-0.39, 0.29) is 17.8 Å². The molecule has 33 heavy (non-hydrogen) atoms. The first-order valence-electron chi connectivity index (χ1n) is 11.2. The highest BCUT2D eigenvalue weighted by molar-refractivity contribution is 6.30. The largest absolute Gasteiger partial charge is 0.332 e. The summed E-state index contributed by atoms with van der Waals surface area (Å²) in [6, 6.07) is 15.6. The Bertz CT molecular complexity index is 1450. The standard InChI is InChI=1S/C25H26ClN5O2/c1-4-17-7-11-20(12-8-17)29-13-16(2)14-30-21-22(27-24(29)30)28(3)25(33)31(23(21)32)15-18-5-9-19(26)10-6-18/h5-12,16H,4,13-15H2,1-3H3/t16-/m0/s1. The van der Waals surface area contributed by atoms with Gasteiger partial charge >= 0.3 is 5.69 Å². The predicted octanol–water partition coefficient (Wildman–Crippen LogP) is 3.95. The zero-order valence-electron chi connectivity index (χ0n) is 19.0. The van der Waals surface area contributed by atoms with Crippen molar-refractivity contribution in [3.63, 3.8) is 0 Å². The summed E-state index contributed by atoms with van der Waals surface area (Å²) in [6.07, 6.45) is 0.977. The summed E-state index contributed by atoms with van der Waals surface area (Å²) in [6.45, 7) is 5.94. The monoisotopic (exact) mass is 463 g/mol. The number of aromatic nitrogens is 4. The van der Waals surface area contributed by atoms with Crippen molar-refractivity contribution in [3.8, 4) is 0 Å². The van der Waals surface area contributed by atoms with Crippen LogP contribution in [-0.2, 0) is 26.6 Å². The van der Waals surface area contributed by atoms with Crippen molar-refractivity contribution in [2.45, 2.75) is 33.4 Å². The Morgan fingerprint density at radius 1 is 1.00 bits per heavy atom. The van der Waals surface area contributed by atoms with Crippen LogP contribution in [0.2, 0.25) is 5.02 Å². The van der Waals surface area contributed by atoms with E-state index in [0.29, 0.717) is 34.6 Å². The fourth-order valence-corrected chi connectivity index (χ4v) is 4.67. The SMILES string of the molecule is CCc1ccc(N2C[C@H](C)Cn3c2nc2c3c(=O)n(Cc3ccc(Cl)cc3)c(=O)n2C)cc1. The van der Waals surface area contributed by atoms with Crippen molar-refractivity contribution in [1.82, 2.24) is 18.7 Å². The van der Waals surface area contributed by atoms with Gasteiger partial charge in [0.05, 0.1) is 6.54 Å². The van der Waals surface area contributed by atoms with Crippen LogP contribution in [0.5, 0.6) is 0 Å². The Balaban J connectivity index is 1.68. The lowest BCUT2D eigenvalue weighted by atomic mass is 10.1. The van der Waals surface area contributed by atoms with Gasteiger partial charge in [0.25, 0.3) is 5.56 Å². The lowest BCUT2D eigenvalue weighted by molar-refractivity contribution is 0.458. The summed E-state index contributed by atoms with van der Waals surface area (Å²) in [7, 11) is 1.67. The van der Waals surface area contributed by atoms with Gasteiger partial charge in [-0.05, 0) is 47.7 Å². The van der Waals surface area contributed by atoms with E-state index in [1.54, 1.807) is 19.2 Å². The molecular weight excluding hydrogens is 438 g/mol. The molecule has 1 atom stereocenters. The molecule has 0 N–H and O–H groups in total. The predicted molar refractivity (Wildman–Crippen MR) is 132 cm³/mol. The van der Waals surface area contributed by atoms with E-state index in [1.165, 1.54) is 14.7 Å². The van der Waals surface area contributed by atoms with Crippen molar-refractivity contribution >= 4 is 34.4 Å². The van der Waals surface area contributed by atoms with E-state index in [4.69, 9.17) is 16.6 Å². The van der Waals surface area contributed by atoms with Gasteiger partial charge in [-0.1, -0.05) is 49.7 Å². The Kier molecular flexibility index (Phi) is 5.37. The second-order valence-electron chi connectivity index (χ2n) is 8.79. The molecule has 0 aliphatic carbocycles. The lowest BCUT2D eigenvalue weighted by Gasteiger charge is -2.33. The normalized spacial score (nSPS) is 15.8. The van der Waals surface area contributed by atoms with Crippen LogP contribution in [0.25, 0.3) is 11.2 Å². The second kappa shape index (κ2) is 8.23. The van der Waals surface area contributed by atoms with Gasteiger partial charge in [0, 0.05) is 30.8 Å². The van der Waals surface area contributed by atoms with Crippen LogP contribution < -0.4 is 16.1 Å². The molecule has 0 unspecified atom stereocenters. The van der Waals surface area contributed by atoms with Crippen LogP contribution in [0.1, 0.15) is 25.0 Å².